The van der Waals surface area contributed by atoms with Crippen LogP contribution in [0.5, 0.6) is 0 Å². The third kappa shape index (κ3) is 3.06. The van der Waals surface area contributed by atoms with Crippen LogP contribution in [-0.2, 0) is 4.79 Å². The lowest BCUT2D eigenvalue weighted by Crippen LogP contribution is -2.41. The average Bonchev–Trinajstić information content (AvgIpc) is 3.11. The maximum atomic E-state index is 13.0. The number of aromatic nitrogens is 1. The van der Waals surface area contributed by atoms with Gasteiger partial charge in [-0.15, -0.1) is 0 Å². The molecule has 2 fully saturated rings. The number of thiazole rings is 1. The average molecular weight is 363 g/mol. The lowest BCUT2D eigenvalue weighted by molar-refractivity contribution is -0.124. The van der Waals surface area contributed by atoms with Gasteiger partial charge in [0.15, 0.2) is 5.13 Å². The summed E-state index contributed by atoms with van der Waals surface area (Å²) in [6.07, 6.45) is 8.33. The van der Waals surface area contributed by atoms with E-state index in [-0.39, 0.29) is 11.8 Å². The predicted molar refractivity (Wildman–Crippen MR) is 101 cm³/mol. The number of rotatable bonds is 4. The summed E-state index contributed by atoms with van der Waals surface area (Å²) in [6.45, 7) is 2.87. The summed E-state index contributed by atoms with van der Waals surface area (Å²) in [7, 11) is 0. The van der Waals surface area contributed by atoms with E-state index in [1.165, 1.54) is 32.1 Å². The highest BCUT2D eigenvalue weighted by Gasteiger charge is 2.33. The molecule has 0 atom stereocenters. The van der Waals surface area contributed by atoms with Crippen molar-refractivity contribution in [1.29, 1.82) is 0 Å². The van der Waals surface area contributed by atoms with Crippen LogP contribution >= 0.6 is 22.9 Å². The SMILES string of the molecule is Cc1cc(Cl)cc2sc(N(CC3CCCC3)C(=O)C3CCC3)nc12. The van der Waals surface area contributed by atoms with E-state index in [0.29, 0.717) is 5.92 Å². The third-order valence-corrected chi connectivity index (χ3v) is 6.75. The van der Waals surface area contributed by atoms with Gasteiger partial charge in [-0.3, -0.25) is 9.69 Å². The first-order valence-electron chi connectivity index (χ1n) is 9.00. The minimum atomic E-state index is 0.211. The summed E-state index contributed by atoms with van der Waals surface area (Å²) in [5, 5.41) is 1.60. The van der Waals surface area contributed by atoms with Crippen LogP contribution in [0.1, 0.15) is 50.5 Å². The summed E-state index contributed by atoms with van der Waals surface area (Å²) in [4.78, 5) is 19.8. The van der Waals surface area contributed by atoms with Crippen molar-refractivity contribution in [2.45, 2.75) is 51.9 Å². The summed E-state index contributed by atoms with van der Waals surface area (Å²) >= 11 is 7.80. The Morgan fingerprint density at radius 3 is 2.67 bits per heavy atom. The molecule has 5 heteroatoms. The minimum Gasteiger partial charge on any atom is -0.288 e. The molecule has 2 saturated carbocycles. The predicted octanol–water partition coefficient (Wildman–Crippen LogP) is 5.58. The van der Waals surface area contributed by atoms with Gasteiger partial charge in [0.05, 0.1) is 10.2 Å². The van der Waals surface area contributed by atoms with Crippen LogP contribution in [0.4, 0.5) is 5.13 Å². The second-order valence-electron chi connectivity index (χ2n) is 7.29. The molecule has 24 heavy (non-hydrogen) atoms. The fraction of sp³-hybridized carbons (Fsp3) is 0.579. The molecule has 2 aliphatic carbocycles. The molecule has 4 rings (SSSR count). The molecular formula is C19H23ClN2OS. The van der Waals surface area contributed by atoms with E-state index < -0.39 is 0 Å². The number of aryl methyl sites for hydroxylation is 1. The number of carbonyl (C=O) groups excluding carboxylic acids is 1. The van der Waals surface area contributed by atoms with Crippen LogP contribution in [0.3, 0.4) is 0 Å². The Kier molecular flexibility index (Phi) is 4.52. The molecule has 1 amide bonds. The van der Waals surface area contributed by atoms with Gasteiger partial charge >= 0.3 is 0 Å². The van der Waals surface area contributed by atoms with Crippen molar-refractivity contribution >= 4 is 44.2 Å². The molecule has 1 aromatic heterocycles. The molecule has 0 aliphatic heterocycles. The van der Waals surface area contributed by atoms with Crippen LogP contribution in [0, 0.1) is 18.8 Å². The van der Waals surface area contributed by atoms with Crippen molar-refractivity contribution in [1.82, 2.24) is 4.98 Å². The van der Waals surface area contributed by atoms with Crippen LogP contribution in [0.25, 0.3) is 10.2 Å². The molecule has 0 radical (unpaired) electrons. The fourth-order valence-electron chi connectivity index (χ4n) is 3.85. The van der Waals surface area contributed by atoms with Gasteiger partial charge in [0.1, 0.15) is 0 Å². The van der Waals surface area contributed by atoms with Gasteiger partial charge in [-0.2, -0.15) is 0 Å². The van der Waals surface area contributed by atoms with Gasteiger partial charge in [0, 0.05) is 17.5 Å². The van der Waals surface area contributed by atoms with Gasteiger partial charge in [0.2, 0.25) is 5.91 Å². The van der Waals surface area contributed by atoms with Crippen molar-refractivity contribution in [3.8, 4) is 0 Å². The lowest BCUT2D eigenvalue weighted by atomic mass is 9.84. The number of hydrogen-bond acceptors (Lipinski definition) is 3. The number of halogens is 1. The van der Waals surface area contributed by atoms with Crippen molar-refractivity contribution < 1.29 is 4.79 Å². The summed E-state index contributed by atoms with van der Waals surface area (Å²) in [6, 6.07) is 3.91. The van der Waals surface area contributed by atoms with Gasteiger partial charge in [-0.1, -0.05) is 42.2 Å². The zero-order valence-electron chi connectivity index (χ0n) is 14.1. The van der Waals surface area contributed by atoms with Crippen LogP contribution in [0.2, 0.25) is 5.02 Å². The van der Waals surface area contributed by atoms with Crippen molar-refractivity contribution in [2.24, 2.45) is 11.8 Å². The molecule has 0 spiro atoms. The largest absolute Gasteiger partial charge is 0.288 e. The maximum absolute atomic E-state index is 13.0. The zero-order valence-corrected chi connectivity index (χ0v) is 15.6. The highest BCUT2D eigenvalue weighted by molar-refractivity contribution is 7.22. The van der Waals surface area contributed by atoms with Gasteiger partial charge in [-0.05, 0) is 56.2 Å². The van der Waals surface area contributed by atoms with Gasteiger partial charge in [0.25, 0.3) is 0 Å². The quantitative estimate of drug-likeness (QED) is 0.711. The third-order valence-electron chi connectivity index (χ3n) is 5.51. The number of nitrogens with zero attached hydrogens (tertiary/aromatic N) is 2. The minimum absolute atomic E-state index is 0.211. The Morgan fingerprint density at radius 1 is 1.25 bits per heavy atom. The summed E-state index contributed by atoms with van der Waals surface area (Å²) in [5.74, 6) is 1.13. The highest BCUT2D eigenvalue weighted by atomic mass is 35.5. The molecule has 1 aromatic carbocycles. The van der Waals surface area contributed by atoms with Crippen LogP contribution < -0.4 is 4.90 Å². The molecule has 0 N–H and O–H groups in total. The first-order chi connectivity index (χ1) is 11.6. The number of anilines is 1. The Labute approximate surface area is 152 Å². The first kappa shape index (κ1) is 16.3. The summed E-state index contributed by atoms with van der Waals surface area (Å²) in [5.41, 5.74) is 2.06. The van der Waals surface area contributed by atoms with Gasteiger partial charge < -0.3 is 0 Å². The van der Waals surface area contributed by atoms with E-state index in [2.05, 4.69) is 0 Å². The lowest BCUT2D eigenvalue weighted by Gasteiger charge is -2.31. The monoisotopic (exact) mass is 362 g/mol. The van der Waals surface area contributed by atoms with Crippen LogP contribution in [0.15, 0.2) is 12.1 Å². The highest BCUT2D eigenvalue weighted by Crippen LogP contribution is 2.37. The van der Waals surface area contributed by atoms with E-state index >= 15 is 0 Å². The van der Waals surface area contributed by atoms with Gasteiger partial charge in [-0.25, -0.2) is 4.98 Å². The number of hydrogen-bond donors (Lipinski definition) is 0. The van der Waals surface area contributed by atoms with Crippen molar-refractivity contribution in [2.75, 3.05) is 11.4 Å². The summed E-state index contributed by atoms with van der Waals surface area (Å²) < 4.78 is 1.08. The standard InChI is InChI=1S/C19H23ClN2OS/c1-12-9-15(20)10-16-17(12)21-19(24-16)22(11-13-5-2-3-6-13)18(23)14-7-4-8-14/h9-10,13-14H,2-8,11H2,1H3. The second kappa shape index (κ2) is 6.64. The fourth-order valence-corrected chi connectivity index (χ4v) is 5.28. The zero-order chi connectivity index (χ0) is 16.7. The maximum Gasteiger partial charge on any atom is 0.231 e. The van der Waals surface area contributed by atoms with E-state index in [1.54, 1.807) is 11.3 Å². The van der Waals surface area contributed by atoms with Crippen LogP contribution in [-0.4, -0.2) is 17.4 Å². The molecule has 3 nitrogen and oxygen atoms in total. The number of fused-ring (bicyclic) bond motifs is 1. The number of carbonyl (C=O) groups is 1. The molecule has 128 valence electrons. The molecule has 2 aromatic rings. The first-order valence-corrected chi connectivity index (χ1v) is 10.2. The Bertz CT molecular complexity index is 762. The Hall–Kier alpha value is -1.13. The second-order valence-corrected chi connectivity index (χ2v) is 8.74. The molecule has 0 saturated heterocycles. The molecule has 0 bridgehead atoms. The molecule has 2 aliphatic rings. The smallest absolute Gasteiger partial charge is 0.231 e. The normalized spacial score (nSPS) is 18.9. The Balaban J connectivity index is 1.68. The topological polar surface area (TPSA) is 33.2 Å². The number of benzene rings is 1. The van der Waals surface area contributed by atoms with E-state index in [9.17, 15) is 4.79 Å². The molecule has 1 heterocycles. The Morgan fingerprint density at radius 2 is 2.00 bits per heavy atom. The van der Waals surface area contributed by atoms with E-state index in [4.69, 9.17) is 16.6 Å². The number of amides is 1. The van der Waals surface area contributed by atoms with Crippen molar-refractivity contribution in [3.05, 3.63) is 22.7 Å². The molecule has 0 unspecified atom stereocenters. The molecular weight excluding hydrogens is 340 g/mol. The van der Waals surface area contributed by atoms with E-state index in [1.807, 2.05) is 24.0 Å². The van der Waals surface area contributed by atoms with E-state index in [0.717, 1.165) is 45.3 Å². The van der Waals surface area contributed by atoms with Crippen molar-refractivity contribution in [3.63, 3.8) is 0 Å².